The van der Waals surface area contributed by atoms with Crippen molar-refractivity contribution in [2.45, 2.75) is 25.9 Å². The number of carbonyl (C=O) groups excluding carboxylic acids is 1. The van der Waals surface area contributed by atoms with Crippen LogP contribution in [0.1, 0.15) is 18.4 Å². The lowest BCUT2D eigenvalue weighted by molar-refractivity contribution is -0.130. The van der Waals surface area contributed by atoms with Gasteiger partial charge in [0.2, 0.25) is 5.91 Å². The van der Waals surface area contributed by atoms with Crippen molar-refractivity contribution in [3.05, 3.63) is 64.5 Å². The molecule has 0 atom stereocenters. The van der Waals surface area contributed by atoms with E-state index in [1.165, 1.54) is 37.2 Å². The molecule has 3 aromatic rings. The number of aryl methyl sites for hydroxylation is 1. The van der Waals surface area contributed by atoms with Crippen LogP contribution in [0.2, 0.25) is 0 Å². The van der Waals surface area contributed by atoms with Crippen molar-refractivity contribution in [2.75, 3.05) is 21.3 Å². The monoisotopic (exact) mass is 413 g/mol. The third kappa shape index (κ3) is 4.76. The van der Waals surface area contributed by atoms with E-state index in [9.17, 15) is 14.0 Å². The van der Waals surface area contributed by atoms with Gasteiger partial charge >= 0.3 is 0 Å². The fourth-order valence-corrected chi connectivity index (χ4v) is 3.19. The minimum atomic E-state index is -0.307. The zero-order chi connectivity index (χ0) is 21.7. The molecule has 0 unspecified atom stereocenters. The van der Waals surface area contributed by atoms with Crippen LogP contribution in [0.5, 0.6) is 11.5 Å². The molecule has 2 aromatic carbocycles. The van der Waals surface area contributed by atoms with Crippen molar-refractivity contribution >= 4 is 16.8 Å². The van der Waals surface area contributed by atoms with Crippen LogP contribution in [0.3, 0.4) is 0 Å². The molecular weight excluding hydrogens is 389 g/mol. The first-order valence-corrected chi connectivity index (χ1v) is 9.52. The lowest BCUT2D eigenvalue weighted by atomic mass is 10.2. The maximum absolute atomic E-state index is 13.0. The number of hydrogen-bond acceptors (Lipinski definition) is 5. The second-order valence-corrected chi connectivity index (χ2v) is 6.95. The summed E-state index contributed by atoms with van der Waals surface area (Å²) in [5.74, 6) is 0.606. The van der Waals surface area contributed by atoms with Gasteiger partial charge in [-0.1, -0.05) is 12.1 Å². The molecule has 7 nitrogen and oxygen atoms in total. The summed E-state index contributed by atoms with van der Waals surface area (Å²) in [4.78, 5) is 31.1. The van der Waals surface area contributed by atoms with Gasteiger partial charge in [0.1, 0.15) is 5.82 Å². The number of aromatic nitrogens is 2. The minimum absolute atomic E-state index is 0.0486. The van der Waals surface area contributed by atoms with Crippen LogP contribution in [0.25, 0.3) is 10.9 Å². The topological polar surface area (TPSA) is 73.7 Å². The van der Waals surface area contributed by atoms with Crippen molar-refractivity contribution in [3.63, 3.8) is 0 Å². The van der Waals surface area contributed by atoms with E-state index in [-0.39, 0.29) is 23.7 Å². The Hall–Kier alpha value is -3.42. The standard InChI is InChI=1S/C22H24FN3O4/c1-25(13-15-6-8-16(23)9-7-15)21(27)5-4-10-26-14-24-18-12-20(30-3)19(29-2)11-17(18)22(26)28/h6-9,11-12,14H,4-5,10,13H2,1-3H3. The second-order valence-electron chi connectivity index (χ2n) is 6.95. The number of carbonyl (C=O) groups is 1. The van der Waals surface area contributed by atoms with Crippen LogP contribution < -0.4 is 15.0 Å². The van der Waals surface area contributed by atoms with Gasteiger partial charge in [-0.05, 0) is 30.2 Å². The van der Waals surface area contributed by atoms with Crippen LogP contribution in [0, 0.1) is 5.82 Å². The smallest absolute Gasteiger partial charge is 0.261 e. The Balaban J connectivity index is 1.63. The van der Waals surface area contributed by atoms with Gasteiger partial charge in [0.25, 0.3) is 5.56 Å². The van der Waals surface area contributed by atoms with E-state index in [0.717, 1.165) is 5.56 Å². The highest BCUT2D eigenvalue weighted by Crippen LogP contribution is 2.29. The summed E-state index contributed by atoms with van der Waals surface area (Å²) in [7, 11) is 4.73. The normalized spacial score (nSPS) is 10.8. The van der Waals surface area contributed by atoms with E-state index in [4.69, 9.17) is 9.47 Å². The van der Waals surface area contributed by atoms with Crippen molar-refractivity contribution in [1.29, 1.82) is 0 Å². The first-order chi connectivity index (χ1) is 14.4. The molecule has 0 spiro atoms. The molecule has 0 aliphatic carbocycles. The van der Waals surface area contributed by atoms with Gasteiger partial charge in [0, 0.05) is 32.6 Å². The highest BCUT2D eigenvalue weighted by Gasteiger charge is 2.13. The van der Waals surface area contributed by atoms with Crippen LogP contribution in [-0.4, -0.2) is 41.6 Å². The van der Waals surface area contributed by atoms with Gasteiger partial charge in [-0.2, -0.15) is 0 Å². The van der Waals surface area contributed by atoms with Crippen molar-refractivity contribution in [1.82, 2.24) is 14.5 Å². The molecule has 0 saturated carbocycles. The molecule has 158 valence electrons. The van der Waals surface area contributed by atoms with E-state index in [2.05, 4.69) is 4.98 Å². The number of methoxy groups -OCH3 is 2. The zero-order valence-corrected chi connectivity index (χ0v) is 17.2. The minimum Gasteiger partial charge on any atom is -0.493 e. The van der Waals surface area contributed by atoms with E-state index in [1.54, 1.807) is 36.2 Å². The average Bonchev–Trinajstić information content (AvgIpc) is 2.75. The quantitative estimate of drug-likeness (QED) is 0.568. The number of nitrogens with zero attached hydrogens (tertiary/aromatic N) is 3. The van der Waals surface area contributed by atoms with Gasteiger partial charge in [0.15, 0.2) is 11.5 Å². The summed E-state index contributed by atoms with van der Waals surface area (Å²) in [5.41, 5.74) is 1.17. The SMILES string of the molecule is COc1cc2ncn(CCCC(=O)N(C)Cc3ccc(F)cc3)c(=O)c2cc1OC. The molecule has 30 heavy (non-hydrogen) atoms. The molecule has 0 fully saturated rings. The van der Waals surface area contributed by atoms with Crippen LogP contribution in [0.15, 0.2) is 47.5 Å². The number of hydrogen-bond donors (Lipinski definition) is 0. The molecule has 0 saturated heterocycles. The Morgan fingerprint density at radius 1 is 1.13 bits per heavy atom. The summed E-state index contributed by atoms with van der Waals surface area (Å²) in [6.45, 7) is 0.768. The van der Waals surface area contributed by atoms with Gasteiger partial charge < -0.3 is 14.4 Å². The number of benzene rings is 2. The summed E-state index contributed by atoms with van der Waals surface area (Å²) < 4.78 is 25.0. The summed E-state index contributed by atoms with van der Waals surface area (Å²) in [5, 5.41) is 0.426. The van der Waals surface area contributed by atoms with E-state index < -0.39 is 0 Å². The third-order valence-corrected chi connectivity index (χ3v) is 4.88. The van der Waals surface area contributed by atoms with Crippen molar-refractivity contribution in [2.24, 2.45) is 0 Å². The Bertz CT molecular complexity index is 1100. The Morgan fingerprint density at radius 2 is 1.80 bits per heavy atom. The molecule has 8 heteroatoms. The Morgan fingerprint density at radius 3 is 2.47 bits per heavy atom. The first kappa shape index (κ1) is 21.3. The molecule has 0 N–H and O–H groups in total. The van der Waals surface area contributed by atoms with Gasteiger partial charge in [-0.3, -0.25) is 14.2 Å². The predicted molar refractivity (Wildman–Crippen MR) is 111 cm³/mol. The van der Waals surface area contributed by atoms with Gasteiger partial charge in [-0.15, -0.1) is 0 Å². The fraction of sp³-hybridized carbons (Fsp3) is 0.318. The Kier molecular flexibility index (Phi) is 6.66. The summed E-state index contributed by atoms with van der Waals surface area (Å²) in [6, 6.07) is 9.33. The molecule has 0 aliphatic heterocycles. The summed E-state index contributed by atoms with van der Waals surface area (Å²) in [6.07, 6.45) is 2.25. The molecule has 3 rings (SSSR count). The maximum atomic E-state index is 13.0. The number of rotatable bonds is 8. The highest BCUT2D eigenvalue weighted by molar-refractivity contribution is 5.81. The van der Waals surface area contributed by atoms with Gasteiger partial charge in [0.05, 0.1) is 31.4 Å². The van der Waals surface area contributed by atoms with E-state index in [1.807, 2.05) is 0 Å². The molecule has 0 aliphatic rings. The molecule has 0 bridgehead atoms. The predicted octanol–water partition coefficient (Wildman–Crippen LogP) is 2.99. The fourth-order valence-electron chi connectivity index (χ4n) is 3.19. The average molecular weight is 413 g/mol. The van der Waals surface area contributed by atoms with Crippen LogP contribution in [0.4, 0.5) is 4.39 Å². The van der Waals surface area contributed by atoms with Gasteiger partial charge in [-0.25, -0.2) is 9.37 Å². The number of ether oxygens (including phenoxy) is 2. The zero-order valence-electron chi connectivity index (χ0n) is 17.2. The Labute approximate surface area is 173 Å². The first-order valence-electron chi connectivity index (χ1n) is 9.52. The van der Waals surface area contributed by atoms with E-state index >= 15 is 0 Å². The lowest BCUT2D eigenvalue weighted by Gasteiger charge is -2.17. The number of halogens is 1. The summed E-state index contributed by atoms with van der Waals surface area (Å²) >= 11 is 0. The maximum Gasteiger partial charge on any atom is 0.261 e. The molecule has 1 amide bonds. The molecule has 0 radical (unpaired) electrons. The van der Waals surface area contributed by atoms with Crippen molar-refractivity contribution < 1.29 is 18.7 Å². The lowest BCUT2D eigenvalue weighted by Crippen LogP contribution is -2.27. The number of fused-ring (bicyclic) bond motifs is 1. The van der Waals surface area contributed by atoms with Crippen LogP contribution in [-0.2, 0) is 17.9 Å². The van der Waals surface area contributed by atoms with E-state index in [0.29, 0.717) is 41.9 Å². The molecular formula is C22H24FN3O4. The third-order valence-electron chi connectivity index (χ3n) is 4.88. The second kappa shape index (κ2) is 9.39. The number of amides is 1. The van der Waals surface area contributed by atoms with Crippen molar-refractivity contribution in [3.8, 4) is 11.5 Å². The molecule has 1 heterocycles. The van der Waals surface area contributed by atoms with Crippen LogP contribution >= 0.6 is 0 Å². The largest absolute Gasteiger partial charge is 0.493 e. The highest BCUT2D eigenvalue weighted by atomic mass is 19.1. The molecule has 1 aromatic heterocycles.